The predicted molar refractivity (Wildman–Crippen MR) is 113 cm³/mol. The molecule has 1 N–H and O–H groups in total. The van der Waals surface area contributed by atoms with Crippen molar-refractivity contribution in [2.45, 2.75) is 6.42 Å². The summed E-state index contributed by atoms with van der Waals surface area (Å²) in [6, 6.07) is 16.4. The molecule has 0 spiro atoms. The van der Waals surface area contributed by atoms with Crippen LogP contribution < -0.4 is 14.2 Å². The number of ether oxygens (including phenoxy) is 2. The smallest absolute Gasteiger partial charge is 0.233 e. The Morgan fingerprint density at radius 1 is 1.07 bits per heavy atom. The van der Waals surface area contributed by atoms with E-state index in [9.17, 15) is 13.2 Å². The van der Waals surface area contributed by atoms with Crippen molar-refractivity contribution in [2.24, 2.45) is 0 Å². The maximum Gasteiger partial charge on any atom is 0.233 e. The Hall–Kier alpha value is -2.84. The first-order valence-electron chi connectivity index (χ1n) is 9.14. The third kappa shape index (κ3) is 7.97. The minimum atomic E-state index is -3.60. The van der Waals surface area contributed by atoms with Gasteiger partial charge in [0, 0.05) is 25.4 Å². The molecular formula is C21H26N2O5S. The molecule has 0 aliphatic rings. The lowest BCUT2D eigenvalue weighted by atomic mass is 10.2. The molecule has 0 radical (unpaired) electrons. The summed E-state index contributed by atoms with van der Waals surface area (Å²) in [6.45, 7) is 0.698. The molecule has 0 aromatic heterocycles. The van der Waals surface area contributed by atoms with E-state index in [-0.39, 0.29) is 18.9 Å². The van der Waals surface area contributed by atoms with Crippen LogP contribution in [0.15, 0.2) is 60.0 Å². The van der Waals surface area contributed by atoms with Crippen LogP contribution >= 0.6 is 0 Å². The molecule has 2 rings (SSSR count). The summed E-state index contributed by atoms with van der Waals surface area (Å²) in [7, 11) is -0.388. The average Bonchev–Trinajstić information content (AvgIpc) is 2.73. The fourth-order valence-electron chi connectivity index (χ4n) is 2.43. The van der Waals surface area contributed by atoms with Crippen molar-refractivity contribution in [1.82, 2.24) is 9.62 Å². The molecule has 0 saturated heterocycles. The number of hydrogen-bond acceptors (Lipinski definition) is 5. The molecule has 2 aromatic carbocycles. The van der Waals surface area contributed by atoms with Gasteiger partial charge in [0.05, 0.1) is 13.7 Å². The topological polar surface area (TPSA) is 84.9 Å². The number of methoxy groups -OCH3 is 1. The van der Waals surface area contributed by atoms with Gasteiger partial charge in [-0.1, -0.05) is 42.5 Å². The second-order valence-electron chi connectivity index (χ2n) is 6.22. The molecule has 0 aliphatic carbocycles. The Labute approximate surface area is 172 Å². The second kappa shape index (κ2) is 11.2. The lowest BCUT2D eigenvalue weighted by Crippen LogP contribution is -2.34. The number of nitrogens with zero attached hydrogens (tertiary/aromatic N) is 1. The van der Waals surface area contributed by atoms with Gasteiger partial charge in [0.25, 0.3) is 0 Å². The van der Waals surface area contributed by atoms with Crippen molar-refractivity contribution in [3.05, 3.63) is 65.6 Å². The maximum atomic E-state index is 12.2. The highest BCUT2D eigenvalue weighted by molar-refractivity contribution is 7.92. The maximum absolute atomic E-state index is 12.2. The van der Waals surface area contributed by atoms with Crippen molar-refractivity contribution in [1.29, 1.82) is 0 Å². The van der Waals surface area contributed by atoms with Gasteiger partial charge in [-0.3, -0.25) is 4.79 Å². The van der Waals surface area contributed by atoms with Gasteiger partial charge in [0.15, 0.2) is 11.5 Å². The van der Waals surface area contributed by atoms with Gasteiger partial charge in [-0.15, -0.1) is 0 Å². The van der Waals surface area contributed by atoms with Crippen LogP contribution in [0.2, 0.25) is 0 Å². The van der Waals surface area contributed by atoms with E-state index in [1.165, 1.54) is 11.0 Å². The van der Waals surface area contributed by atoms with Crippen molar-refractivity contribution in [3.63, 3.8) is 0 Å². The van der Waals surface area contributed by atoms with Crippen LogP contribution in [0.4, 0.5) is 0 Å². The third-order valence-corrected chi connectivity index (χ3v) is 5.16. The van der Waals surface area contributed by atoms with Gasteiger partial charge >= 0.3 is 0 Å². The van der Waals surface area contributed by atoms with Crippen LogP contribution in [0, 0.1) is 0 Å². The highest BCUT2D eigenvalue weighted by atomic mass is 32.2. The summed E-state index contributed by atoms with van der Waals surface area (Å²) in [5.74, 6) is 1.05. The van der Waals surface area contributed by atoms with Gasteiger partial charge in [-0.05, 0) is 23.8 Å². The molecule has 0 aliphatic heterocycles. The summed E-state index contributed by atoms with van der Waals surface area (Å²) >= 11 is 0. The number of hydrogen-bond donors (Lipinski definition) is 1. The number of carbonyl (C=O) groups excluding carboxylic acids is 1. The molecule has 7 nitrogen and oxygen atoms in total. The quantitative estimate of drug-likeness (QED) is 0.606. The zero-order chi connectivity index (χ0) is 21.1. The van der Waals surface area contributed by atoms with Crippen molar-refractivity contribution < 1.29 is 22.7 Å². The predicted octanol–water partition coefficient (Wildman–Crippen LogP) is 2.51. The molecule has 0 unspecified atom stereocenters. The van der Waals surface area contributed by atoms with Crippen molar-refractivity contribution in [3.8, 4) is 11.5 Å². The number of amides is 1. The fraction of sp³-hybridized carbons (Fsp3) is 0.286. The number of rotatable bonds is 11. The standard InChI is InChI=1S/C21H26N2O5S/c1-23(15-16-28-20-11-7-6-10-19(20)27-2)21(24)12-14-22-29(25,26)17-13-18-8-4-3-5-9-18/h3-11,13,17,22H,12,14-16H2,1-2H3. The molecule has 1 amide bonds. The number of para-hydroxylation sites is 2. The van der Waals surface area contributed by atoms with E-state index < -0.39 is 10.0 Å². The van der Waals surface area contributed by atoms with Crippen LogP contribution in [0.1, 0.15) is 12.0 Å². The summed E-state index contributed by atoms with van der Waals surface area (Å²) in [4.78, 5) is 13.7. The number of carbonyl (C=O) groups is 1. The molecule has 0 heterocycles. The van der Waals surface area contributed by atoms with Gasteiger partial charge in [0.2, 0.25) is 15.9 Å². The minimum absolute atomic E-state index is 0.0258. The highest BCUT2D eigenvalue weighted by Gasteiger charge is 2.11. The highest BCUT2D eigenvalue weighted by Crippen LogP contribution is 2.25. The summed E-state index contributed by atoms with van der Waals surface area (Å²) in [5.41, 5.74) is 0.781. The Morgan fingerprint density at radius 2 is 1.72 bits per heavy atom. The normalized spacial score (nSPS) is 11.4. The number of likely N-dealkylation sites (N-methyl/N-ethyl adjacent to an activating group) is 1. The number of benzene rings is 2. The van der Waals surface area contributed by atoms with E-state index in [4.69, 9.17) is 9.47 Å². The number of sulfonamides is 1. The Bertz CT molecular complexity index is 914. The van der Waals surface area contributed by atoms with Crippen LogP contribution in [-0.4, -0.2) is 53.1 Å². The van der Waals surface area contributed by atoms with Crippen LogP contribution in [0.5, 0.6) is 11.5 Å². The molecule has 156 valence electrons. The summed E-state index contributed by atoms with van der Waals surface area (Å²) < 4.78 is 37.2. The summed E-state index contributed by atoms with van der Waals surface area (Å²) in [6.07, 6.45) is 1.56. The lowest BCUT2D eigenvalue weighted by molar-refractivity contribution is -0.130. The van der Waals surface area contributed by atoms with Crippen LogP contribution in [0.25, 0.3) is 6.08 Å². The van der Waals surface area contributed by atoms with Crippen molar-refractivity contribution >= 4 is 22.0 Å². The van der Waals surface area contributed by atoms with E-state index in [0.29, 0.717) is 24.7 Å². The van der Waals surface area contributed by atoms with Gasteiger partial charge in [0.1, 0.15) is 6.61 Å². The molecule has 0 atom stereocenters. The van der Waals surface area contributed by atoms with Gasteiger partial charge < -0.3 is 14.4 Å². The second-order valence-corrected chi connectivity index (χ2v) is 7.87. The minimum Gasteiger partial charge on any atom is -0.493 e. The first kappa shape index (κ1) is 22.4. The molecular weight excluding hydrogens is 392 g/mol. The first-order chi connectivity index (χ1) is 13.9. The van der Waals surface area contributed by atoms with E-state index in [1.54, 1.807) is 38.4 Å². The van der Waals surface area contributed by atoms with E-state index in [2.05, 4.69) is 4.72 Å². The molecule has 29 heavy (non-hydrogen) atoms. The van der Waals surface area contributed by atoms with E-state index in [0.717, 1.165) is 11.0 Å². The zero-order valence-electron chi connectivity index (χ0n) is 16.6. The molecule has 8 heteroatoms. The monoisotopic (exact) mass is 418 g/mol. The summed E-state index contributed by atoms with van der Waals surface area (Å²) in [5, 5.41) is 1.09. The molecule has 0 fully saturated rings. The average molecular weight is 419 g/mol. The Morgan fingerprint density at radius 3 is 2.41 bits per heavy atom. The Balaban J connectivity index is 1.72. The lowest BCUT2D eigenvalue weighted by Gasteiger charge is -2.18. The van der Waals surface area contributed by atoms with Crippen molar-refractivity contribution in [2.75, 3.05) is 33.9 Å². The third-order valence-electron chi connectivity index (χ3n) is 4.06. The molecule has 0 saturated carbocycles. The van der Waals surface area contributed by atoms with E-state index >= 15 is 0 Å². The Kier molecular flexibility index (Phi) is 8.69. The molecule has 0 bridgehead atoms. The largest absolute Gasteiger partial charge is 0.493 e. The molecule has 2 aromatic rings. The fourth-order valence-corrected chi connectivity index (χ4v) is 3.25. The van der Waals surface area contributed by atoms with Crippen LogP contribution in [0.3, 0.4) is 0 Å². The SMILES string of the molecule is COc1ccccc1OCCN(C)C(=O)CCNS(=O)(=O)C=Cc1ccccc1. The van der Waals surface area contributed by atoms with Gasteiger partial charge in [-0.2, -0.15) is 0 Å². The van der Waals surface area contributed by atoms with E-state index in [1.807, 2.05) is 30.3 Å². The first-order valence-corrected chi connectivity index (χ1v) is 10.7. The van der Waals surface area contributed by atoms with Gasteiger partial charge in [-0.25, -0.2) is 13.1 Å². The zero-order valence-corrected chi connectivity index (χ0v) is 17.4. The number of nitrogens with one attached hydrogen (secondary N) is 1. The van der Waals surface area contributed by atoms with Crippen LogP contribution in [-0.2, 0) is 14.8 Å².